The zero-order valence-electron chi connectivity index (χ0n) is 11.0. The summed E-state index contributed by atoms with van der Waals surface area (Å²) in [5, 5.41) is 4.02. The Labute approximate surface area is 120 Å². The first kappa shape index (κ1) is 14.0. The third kappa shape index (κ3) is 3.54. The minimum Gasteiger partial charge on any atom is -0.484 e. The maximum atomic E-state index is 5.87. The van der Waals surface area contributed by atoms with Crippen LogP contribution in [-0.4, -0.2) is 20.8 Å². The fourth-order valence-electron chi connectivity index (χ4n) is 1.81. The summed E-state index contributed by atoms with van der Waals surface area (Å²) in [5.41, 5.74) is 6.95. The molecule has 2 N–H and O–H groups in total. The summed E-state index contributed by atoms with van der Waals surface area (Å²) in [5.74, 6) is 1.60. The van der Waals surface area contributed by atoms with Crippen molar-refractivity contribution in [3.8, 4) is 5.75 Å². The molecule has 102 valence electrons. The smallest absolute Gasteiger partial charge is 0.164 e. The normalized spacial score (nSPS) is 12.4. The highest BCUT2D eigenvalue weighted by Crippen LogP contribution is 2.30. The van der Waals surface area contributed by atoms with Gasteiger partial charge in [0.2, 0.25) is 0 Å². The highest BCUT2D eigenvalue weighted by atomic mass is 79.9. The Morgan fingerprint density at radius 2 is 2.26 bits per heavy atom. The van der Waals surface area contributed by atoms with Crippen LogP contribution < -0.4 is 10.5 Å². The van der Waals surface area contributed by atoms with Gasteiger partial charge < -0.3 is 10.5 Å². The second-order valence-corrected chi connectivity index (χ2v) is 5.35. The molecule has 1 unspecified atom stereocenters. The molecule has 1 aromatic carbocycles. The first-order valence-electron chi connectivity index (χ1n) is 6.06. The van der Waals surface area contributed by atoms with E-state index in [0.29, 0.717) is 6.61 Å². The lowest BCUT2D eigenvalue weighted by Gasteiger charge is -2.14. The van der Waals surface area contributed by atoms with Gasteiger partial charge in [0.1, 0.15) is 18.7 Å². The Morgan fingerprint density at radius 3 is 2.89 bits per heavy atom. The summed E-state index contributed by atoms with van der Waals surface area (Å²) in [7, 11) is 1.84. The summed E-state index contributed by atoms with van der Waals surface area (Å²) in [6, 6.07) is 6.06. The van der Waals surface area contributed by atoms with Crippen LogP contribution in [0.3, 0.4) is 0 Å². The van der Waals surface area contributed by atoms with Crippen LogP contribution in [0.2, 0.25) is 0 Å². The molecule has 1 heterocycles. The van der Waals surface area contributed by atoms with E-state index in [9.17, 15) is 0 Å². The second-order valence-electron chi connectivity index (χ2n) is 4.50. The van der Waals surface area contributed by atoms with E-state index in [1.165, 1.54) is 6.33 Å². The van der Waals surface area contributed by atoms with E-state index in [2.05, 4.69) is 26.0 Å². The topological polar surface area (TPSA) is 66.0 Å². The molecule has 0 aliphatic rings. The average Bonchev–Trinajstić information content (AvgIpc) is 2.73. The zero-order chi connectivity index (χ0) is 13.8. The Hall–Kier alpha value is -1.40. The van der Waals surface area contributed by atoms with Crippen molar-refractivity contribution in [1.82, 2.24) is 14.8 Å². The predicted molar refractivity (Wildman–Crippen MR) is 76.8 cm³/mol. The molecular weight excluding hydrogens is 308 g/mol. The van der Waals surface area contributed by atoms with Crippen LogP contribution in [-0.2, 0) is 20.1 Å². The van der Waals surface area contributed by atoms with Crippen molar-refractivity contribution in [1.29, 1.82) is 0 Å². The minimum atomic E-state index is 0.0893. The summed E-state index contributed by atoms with van der Waals surface area (Å²) in [6.45, 7) is 2.36. The van der Waals surface area contributed by atoms with Gasteiger partial charge in [-0.1, -0.05) is 12.1 Å². The molecule has 0 spiro atoms. The molecule has 0 saturated carbocycles. The van der Waals surface area contributed by atoms with E-state index in [-0.39, 0.29) is 6.04 Å². The van der Waals surface area contributed by atoms with E-state index in [0.717, 1.165) is 28.0 Å². The predicted octanol–water partition coefficient (Wildman–Crippen LogP) is 2.05. The highest BCUT2D eigenvalue weighted by molar-refractivity contribution is 9.10. The fourth-order valence-corrected chi connectivity index (χ4v) is 2.33. The molecule has 5 nitrogen and oxygen atoms in total. The van der Waals surface area contributed by atoms with Gasteiger partial charge in [-0.05, 0) is 40.9 Å². The van der Waals surface area contributed by atoms with Crippen LogP contribution in [0, 0.1) is 0 Å². The lowest BCUT2D eigenvalue weighted by Crippen LogP contribution is -2.18. The Balaban J connectivity index is 2.17. The maximum absolute atomic E-state index is 5.87. The molecule has 0 radical (unpaired) electrons. The van der Waals surface area contributed by atoms with Crippen LogP contribution in [0.1, 0.15) is 18.3 Å². The van der Waals surface area contributed by atoms with Crippen LogP contribution in [0.15, 0.2) is 29.0 Å². The molecule has 1 aromatic heterocycles. The zero-order valence-corrected chi connectivity index (χ0v) is 12.6. The third-order valence-electron chi connectivity index (χ3n) is 2.74. The number of ether oxygens (including phenoxy) is 1. The summed E-state index contributed by atoms with van der Waals surface area (Å²) >= 11 is 3.51. The minimum absolute atomic E-state index is 0.0893. The van der Waals surface area contributed by atoms with Gasteiger partial charge in [-0.3, -0.25) is 4.68 Å². The monoisotopic (exact) mass is 324 g/mol. The van der Waals surface area contributed by atoms with Gasteiger partial charge in [0.15, 0.2) is 5.82 Å². The van der Waals surface area contributed by atoms with Crippen LogP contribution in [0.5, 0.6) is 5.75 Å². The molecule has 2 rings (SSSR count). The summed E-state index contributed by atoms with van der Waals surface area (Å²) < 4.78 is 8.49. The molecule has 0 bridgehead atoms. The lowest BCUT2D eigenvalue weighted by atomic mass is 10.1. The molecule has 0 saturated heterocycles. The van der Waals surface area contributed by atoms with E-state index in [4.69, 9.17) is 10.5 Å². The number of nitrogens with two attached hydrogens (primary N) is 1. The van der Waals surface area contributed by atoms with E-state index < -0.39 is 0 Å². The van der Waals surface area contributed by atoms with Crippen molar-refractivity contribution in [3.05, 3.63) is 40.4 Å². The molecule has 19 heavy (non-hydrogen) atoms. The van der Waals surface area contributed by atoms with Gasteiger partial charge in [0, 0.05) is 13.1 Å². The van der Waals surface area contributed by atoms with Gasteiger partial charge in [-0.2, -0.15) is 5.10 Å². The number of hydrogen-bond donors (Lipinski definition) is 1. The van der Waals surface area contributed by atoms with Gasteiger partial charge in [-0.15, -0.1) is 0 Å². The third-order valence-corrected chi connectivity index (χ3v) is 3.37. The van der Waals surface area contributed by atoms with Crippen molar-refractivity contribution in [3.63, 3.8) is 0 Å². The largest absolute Gasteiger partial charge is 0.484 e. The van der Waals surface area contributed by atoms with Gasteiger partial charge in [0.05, 0.1) is 4.47 Å². The highest BCUT2D eigenvalue weighted by Gasteiger charge is 2.11. The van der Waals surface area contributed by atoms with Crippen molar-refractivity contribution in [2.24, 2.45) is 12.8 Å². The van der Waals surface area contributed by atoms with Crippen molar-refractivity contribution in [2.45, 2.75) is 26.0 Å². The first-order valence-corrected chi connectivity index (χ1v) is 6.86. The molecule has 0 fully saturated rings. The molecular formula is C13H17BrN4O. The number of aryl methyl sites for hydroxylation is 1. The van der Waals surface area contributed by atoms with Crippen molar-refractivity contribution < 1.29 is 4.74 Å². The summed E-state index contributed by atoms with van der Waals surface area (Å²) in [4.78, 5) is 4.14. The number of para-hydroxylation sites is 1. The molecule has 0 aliphatic heterocycles. The molecule has 0 aliphatic carbocycles. The van der Waals surface area contributed by atoms with Crippen LogP contribution in [0.4, 0.5) is 0 Å². The Morgan fingerprint density at radius 1 is 1.47 bits per heavy atom. The fraction of sp³-hybridized carbons (Fsp3) is 0.385. The average molecular weight is 325 g/mol. The van der Waals surface area contributed by atoms with Crippen LogP contribution >= 0.6 is 15.9 Å². The molecule has 0 amide bonds. The van der Waals surface area contributed by atoms with E-state index >= 15 is 0 Å². The Bertz CT molecular complexity index is 553. The lowest BCUT2D eigenvalue weighted by molar-refractivity contribution is 0.284. The number of hydrogen-bond acceptors (Lipinski definition) is 4. The quantitative estimate of drug-likeness (QED) is 0.914. The van der Waals surface area contributed by atoms with Gasteiger partial charge >= 0.3 is 0 Å². The summed E-state index contributed by atoms with van der Waals surface area (Å²) in [6.07, 6.45) is 2.29. The van der Waals surface area contributed by atoms with E-state index in [1.807, 2.05) is 32.2 Å². The number of benzene rings is 1. The SMILES string of the molecule is CC(N)Cc1cccc(Br)c1OCc1ncnn1C. The molecule has 1 atom stereocenters. The number of nitrogens with zero attached hydrogens (tertiary/aromatic N) is 3. The Kier molecular flexibility index (Phi) is 4.55. The first-order chi connectivity index (χ1) is 9.08. The number of aromatic nitrogens is 3. The molecule has 2 aromatic rings. The number of rotatable bonds is 5. The standard InChI is InChI=1S/C13H17BrN4O/c1-9(15)6-10-4-3-5-11(14)13(10)19-7-12-16-8-17-18(12)2/h3-5,8-9H,6-7,15H2,1-2H3. The van der Waals surface area contributed by atoms with Crippen LogP contribution in [0.25, 0.3) is 0 Å². The van der Waals surface area contributed by atoms with Crippen molar-refractivity contribution >= 4 is 15.9 Å². The maximum Gasteiger partial charge on any atom is 0.164 e. The molecule has 6 heteroatoms. The van der Waals surface area contributed by atoms with Gasteiger partial charge in [-0.25, -0.2) is 4.98 Å². The number of halogens is 1. The van der Waals surface area contributed by atoms with Gasteiger partial charge in [0.25, 0.3) is 0 Å². The van der Waals surface area contributed by atoms with Crippen molar-refractivity contribution in [2.75, 3.05) is 0 Å². The second kappa shape index (κ2) is 6.16. The van der Waals surface area contributed by atoms with E-state index in [1.54, 1.807) is 4.68 Å².